The second-order valence-electron chi connectivity index (χ2n) is 4.57. The third kappa shape index (κ3) is 4.07. The molecule has 1 aliphatic heterocycles. The standard InChI is InChI=1S/C12H17F3N4/c13-12(14,15)9-18-4-6-19(7-5-18)11-3-1-2-10(8-16)17-11/h1-3H,4-9,16H2. The molecule has 1 fully saturated rings. The van der Waals surface area contributed by atoms with Crippen LogP contribution in [0.3, 0.4) is 0 Å². The van der Waals surface area contributed by atoms with E-state index in [4.69, 9.17) is 5.73 Å². The Kier molecular flexibility index (Phi) is 4.26. The van der Waals surface area contributed by atoms with Gasteiger partial charge in [-0.3, -0.25) is 4.90 Å². The van der Waals surface area contributed by atoms with Gasteiger partial charge in [0.25, 0.3) is 0 Å². The third-order valence-corrected chi connectivity index (χ3v) is 3.10. The summed E-state index contributed by atoms with van der Waals surface area (Å²) < 4.78 is 36.8. The summed E-state index contributed by atoms with van der Waals surface area (Å²) in [6, 6.07) is 5.56. The Balaban J connectivity index is 1.92. The molecule has 0 aromatic carbocycles. The number of hydrogen-bond acceptors (Lipinski definition) is 4. The van der Waals surface area contributed by atoms with Crippen LogP contribution in [-0.4, -0.2) is 48.8 Å². The highest BCUT2D eigenvalue weighted by Crippen LogP contribution is 2.19. The summed E-state index contributed by atoms with van der Waals surface area (Å²) in [5.41, 5.74) is 6.31. The average molecular weight is 274 g/mol. The molecule has 1 aromatic rings. The van der Waals surface area contributed by atoms with Crippen LogP contribution in [0.5, 0.6) is 0 Å². The Hall–Kier alpha value is -1.34. The van der Waals surface area contributed by atoms with Crippen LogP contribution in [0.25, 0.3) is 0 Å². The van der Waals surface area contributed by atoms with Gasteiger partial charge < -0.3 is 10.6 Å². The van der Waals surface area contributed by atoms with Crippen LogP contribution in [0.2, 0.25) is 0 Å². The number of alkyl halides is 3. The van der Waals surface area contributed by atoms with E-state index in [1.54, 1.807) is 0 Å². The number of halogens is 3. The lowest BCUT2D eigenvalue weighted by Gasteiger charge is -2.35. The van der Waals surface area contributed by atoms with Gasteiger partial charge in [-0.15, -0.1) is 0 Å². The fourth-order valence-corrected chi connectivity index (χ4v) is 2.15. The molecule has 0 unspecified atom stereocenters. The molecule has 0 radical (unpaired) electrons. The van der Waals surface area contributed by atoms with Gasteiger partial charge in [0.2, 0.25) is 0 Å². The SMILES string of the molecule is NCc1cccc(N2CCN(CC(F)(F)F)CC2)n1. The zero-order valence-corrected chi connectivity index (χ0v) is 10.5. The van der Waals surface area contributed by atoms with Crippen molar-refractivity contribution >= 4 is 5.82 Å². The van der Waals surface area contributed by atoms with Crippen LogP contribution < -0.4 is 10.6 Å². The predicted molar refractivity (Wildman–Crippen MR) is 66.8 cm³/mol. The Bertz CT molecular complexity index is 414. The summed E-state index contributed by atoms with van der Waals surface area (Å²) in [4.78, 5) is 7.79. The number of pyridine rings is 1. The molecule has 0 bridgehead atoms. The molecule has 2 heterocycles. The zero-order valence-electron chi connectivity index (χ0n) is 10.5. The van der Waals surface area contributed by atoms with E-state index in [9.17, 15) is 13.2 Å². The first-order valence-electron chi connectivity index (χ1n) is 6.18. The van der Waals surface area contributed by atoms with Crippen molar-refractivity contribution < 1.29 is 13.2 Å². The lowest BCUT2D eigenvalue weighted by molar-refractivity contribution is -0.146. The molecule has 1 saturated heterocycles. The van der Waals surface area contributed by atoms with E-state index in [1.807, 2.05) is 23.1 Å². The largest absolute Gasteiger partial charge is 0.401 e. The summed E-state index contributed by atoms with van der Waals surface area (Å²) in [5.74, 6) is 0.787. The Morgan fingerprint density at radius 2 is 1.84 bits per heavy atom. The van der Waals surface area contributed by atoms with Gasteiger partial charge >= 0.3 is 6.18 Å². The van der Waals surface area contributed by atoms with Crippen LogP contribution in [0.4, 0.5) is 19.0 Å². The van der Waals surface area contributed by atoms with Crippen molar-refractivity contribution in [1.29, 1.82) is 0 Å². The zero-order chi connectivity index (χ0) is 13.9. The maximum absolute atomic E-state index is 12.3. The number of nitrogens with zero attached hydrogens (tertiary/aromatic N) is 3. The predicted octanol–water partition coefficient (Wildman–Crippen LogP) is 1.22. The minimum atomic E-state index is -4.13. The maximum atomic E-state index is 12.3. The average Bonchev–Trinajstić information content (AvgIpc) is 2.38. The van der Waals surface area contributed by atoms with Gasteiger partial charge in [-0.1, -0.05) is 6.07 Å². The summed E-state index contributed by atoms with van der Waals surface area (Å²) in [7, 11) is 0. The first-order valence-corrected chi connectivity index (χ1v) is 6.18. The van der Waals surface area contributed by atoms with Gasteiger partial charge in [-0.2, -0.15) is 13.2 Å². The molecule has 2 rings (SSSR count). The number of piperazine rings is 1. The van der Waals surface area contributed by atoms with Crippen molar-refractivity contribution in [3.05, 3.63) is 23.9 Å². The number of rotatable bonds is 3. The summed E-state index contributed by atoms with van der Waals surface area (Å²) >= 11 is 0. The van der Waals surface area contributed by atoms with Gasteiger partial charge in [0, 0.05) is 32.7 Å². The van der Waals surface area contributed by atoms with Crippen molar-refractivity contribution in [2.45, 2.75) is 12.7 Å². The molecular formula is C12H17F3N4. The molecule has 19 heavy (non-hydrogen) atoms. The maximum Gasteiger partial charge on any atom is 0.401 e. The van der Waals surface area contributed by atoms with Gasteiger partial charge in [0.05, 0.1) is 12.2 Å². The highest BCUT2D eigenvalue weighted by molar-refractivity contribution is 5.39. The second kappa shape index (κ2) is 5.75. The second-order valence-corrected chi connectivity index (χ2v) is 4.57. The molecule has 1 aliphatic rings. The first-order chi connectivity index (χ1) is 8.98. The number of aromatic nitrogens is 1. The minimum absolute atomic E-state index is 0.363. The molecule has 0 amide bonds. The van der Waals surface area contributed by atoms with Gasteiger partial charge in [0.1, 0.15) is 5.82 Å². The Labute approximate surface area is 110 Å². The van der Waals surface area contributed by atoms with Gasteiger partial charge in [-0.05, 0) is 12.1 Å². The summed E-state index contributed by atoms with van der Waals surface area (Å²) in [5, 5.41) is 0. The third-order valence-electron chi connectivity index (χ3n) is 3.10. The highest BCUT2D eigenvalue weighted by atomic mass is 19.4. The molecule has 1 aromatic heterocycles. The molecule has 0 saturated carbocycles. The smallest absolute Gasteiger partial charge is 0.354 e. The van der Waals surface area contributed by atoms with Crippen LogP contribution in [-0.2, 0) is 6.54 Å². The van der Waals surface area contributed by atoms with E-state index in [-0.39, 0.29) is 0 Å². The van der Waals surface area contributed by atoms with E-state index in [1.165, 1.54) is 4.90 Å². The van der Waals surface area contributed by atoms with Crippen molar-refractivity contribution in [1.82, 2.24) is 9.88 Å². The fraction of sp³-hybridized carbons (Fsp3) is 0.583. The minimum Gasteiger partial charge on any atom is -0.354 e. The molecule has 0 aliphatic carbocycles. The van der Waals surface area contributed by atoms with E-state index in [2.05, 4.69) is 4.98 Å². The number of hydrogen-bond donors (Lipinski definition) is 1. The number of anilines is 1. The van der Waals surface area contributed by atoms with Gasteiger partial charge in [0.15, 0.2) is 0 Å². The molecule has 4 nitrogen and oxygen atoms in total. The molecule has 7 heteroatoms. The quantitative estimate of drug-likeness (QED) is 0.900. The van der Waals surface area contributed by atoms with E-state index in [0.717, 1.165) is 11.5 Å². The highest BCUT2D eigenvalue weighted by Gasteiger charge is 2.32. The normalized spacial score (nSPS) is 17.8. The Morgan fingerprint density at radius 1 is 1.16 bits per heavy atom. The van der Waals surface area contributed by atoms with Crippen molar-refractivity contribution in [2.75, 3.05) is 37.6 Å². The summed E-state index contributed by atoms with van der Waals surface area (Å²) in [6.07, 6.45) is -4.13. The van der Waals surface area contributed by atoms with Crippen LogP contribution in [0, 0.1) is 0 Å². The lowest BCUT2D eigenvalue weighted by atomic mass is 10.3. The molecule has 106 valence electrons. The monoisotopic (exact) mass is 274 g/mol. The van der Waals surface area contributed by atoms with Crippen molar-refractivity contribution in [3.63, 3.8) is 0 Å². The molecule has 2 N–H and O–H groups in total. The number of nitrogens with two attached hydrogens (primary N) is 1. The van der Waals surface area contributed by atoms with E-state index in [0.29, 0.717) is 32.7 Å². The first kappa shape index (κ1) is 14.1. The lowest BCUT2D eigenvalue weighted by Crippen LogP contribution is -2.49. The van der Waals surface area contributed by atoms with E-state index < -0.39 is 12.7 Å². The van der Waals surface area contributed by atoms with Crippen LogP contribution in [0.1, 0.15) is 5.69 Å². The fourth-order valence-electron chi connectivity index (χ4n) is 2.15. The molecular weight excluding hydrogens is 257 g/mol. The summed E-state index contributed by atoms with van der Waals surface area (Å²) in [6.45, 7) is 1.43. The van der Waals surface area contributed by atoms with Crippen molar-refractivity contribution in [2.24, 2.45) is 5.73 Å². The van der Waals surface area contributed by atoms with Crippen LogP contribution >= 0.6 is 0 Å². The van der Waals surface area contributed by atoms with Crippen molar-refractivity contribution in [3.8, 4) is 0 Å². The molecule has 0 atom stereocenters. The van der Waals surface area contributed by atoms with Gasteiger partial charge in [-0.25, -0.2) is 4.98 Å². The van der Waals surface area contributed by atoms with E-state index >= 15 is 0 Å². The Morgan fingerprint density at radius 3 is 2.42 bits per heavy atom. The molecule has 0 spiro atoms. The topological polar surface area (TPSA) is 45.4 Å². The van der Waals surface area contributed by atoms with Crippen LogP contribution in [0.15, 0.2) is 18.2 Å².